The molecule has 3 rings (SSSR count). The van der Waals surface area contributed by atoms with Crippen LogP contribution in [0.4, 0.5) is 5.69 Å². The van der Waals surface area contributed by atoms with Crippen molar-refractivity contribution in [1.82, 2.24) is 4.57 Å². The summed E-state index contributed by atoms with van der Waals surface area (Å²) in [6.07, 6.45) is 4.90. The molecule has 0 N–H and O–H groups in total. The number of non-ortho nitro benzene ring substituents is 1. The summed E-state index contributed by atoms with van der Waals surface area (Å²) < 4.78 is 12.8. The standard InChI is InChI=1S/C22H24N2O6/c1-15-12-20(16(2)23(15)13-19-4-3-11-29-19)21(25)14-30-22(26)10-7-17-5-8-18(9-6-17)24(27)28/h5-10,12,19H,3-4,11,13-14H2,1-2H3/b10-7+/t19-/m0/s1. The minimum absolute atomic E-state index is 0.0302. The lowest BCUT2D eigenvalue weighted by Gasteiger charge is -2.14. The predicted molar refractivity (Wildman–Crippen MR) is 110 cm³/mol. The molecule has 2 heterocycles. The van der Waals surface area contributed by atoms with Crippen LogP contribution >= 0.6 is 0 Å². The molecule has 0 amide bonds. The van der Waals surface area contributed by atoms with Crippen molar-refractivity contribution in [1.29, 1.82) is 0 Å². The first-order valence-electron chi connectivity index (χ1n) is 9.76. The number of carbonyl (C=O) groups excluding carboxylic acids is 2. The lowest BCUT2D eigenvalue weighted by molar-refractivity contribution is -0.384. The fourth-order valence-corrected chi connectivity index (χ4v) is 3.49. The highest BCUT2D eigenvalue weighted by Crippen LogP contribution is 2.21. The predicted octanol–water partition coefficient (Wildman–Crippen LogP) is 3.63. The van der Waals surface area contributed by atoms with E-state index in [-0.39, 0.29) is 24.2 Å². The summed E-state index contributed by atoms with van der Waals surface area (Å²) in [7, 11) is 0. The third-order valence-corrected chi connectivity index (χ3v) is 5.15. The molecule has 8 nitrogen and oxygen atoms in total. The van der Waals surface area contributed by atoms with Gasteiger partial charge in [-0.15, -0.1) is 0 Å². The number of nitro benzene ring substituents is 1. The van der Waals surface area contributed by atoms with Gasteiger partial charge < -0.3 is 14.0 Å². The topological polar surface area (TPSA) is 101 Å². The van der Waals surface area contributed by atoms with Crippen molar-refractivity contribution in [2.45, 2.75) is 39.3 Å². The number of ketones is 1. The number of ether oxygens (including phenoxy) is 2. The molecular formula is C22H24N2O6. The monoisotopic (exact) mass is 412 g/mol. The second kappa shape index (κ2) is 9.49. The van der Waals surface area contributed by atoms with Crippen molar-refractivity contribution in [3.8, 4) is 0 Å². The van der Waals surface area contributed by atoms with E-state index in [9.17, 15) is 19.7 Å². The minimum atomic E-state index is -0.658. The van der Waals surface area contributed by atoms with Crippen LogP contribution in [0.5, 0.6) is 0 Å². The molecule has 0 bridgehead atoms. The largest absolute Gasteiger partial charge is 0.454 e. The maximum Gasteiger partial charge on any atom is 0.331 e. The average Bonchev–Trinajstić information content (AvgIpc) is 3.34. The molecule has 1 atom stereocenters. The van der Waals surface area contributed by atoms with Crippen molar-refractivity contribution in [3.63, 3.8) is 0 Å². The Labute approximate surface area is 174 Å². The molecule has 0 spiro atoms. The van der Waals surface area contributed by atoms with Crippen LogP contribution in [0.2, 0.25) is 0 Å². The van der Waals surface area contributed by atoms with E-state index in [4.69, 9.17) is 9.47 Å². The van der Waals surface area contributed by atoms with Gasteiger partial charge in [-0.3, -0.25) is 14.9 Å². The first-order chi connectivity index (χ1) is 14.3. The fraction of sp³-hybridized carbons (Fsp3) is 0.364. The molecule has 1 aromatic carbocycles. The van der Waals surface area contributed by atoms with Gasteiger partial charge in [-0.05, 0) is 56.5 Å². The van der Waals surface area contributed by atoms with Crippen LogP contribution in [0.3, 0.4) is 0 Å². The highest BCUT2D eigenvalue weighted by molar-refractivity contribution is 6.00. The van der Waals surface area contributed by atoms with E-state index in [0.29, 0.717) is 17.7 Å². The summed E-state index contributed by atoms with van der Waals surface area (Å²) in [6.45, 7) is 4.96. The molecule has 2 aromatic rings. The summed E-state index contributed by atoms with van der Waals surface area (Å²) in [5.74, 6) is -0.923. The van der Waals surface area contributed by atoms with Crippen LogP contribution < -0.4 is 0 Å². The number of esters is 1. The fourth-order valence-electron chi connectivity index (χ4n) is 3.49. The number of hydrogen-bond donors (Lipinski definition) is 0. The second-order valence-corrected chi connectivity index (χ2v) is 7.24. The molecule has 8 heteroatoms. The van der Waals surface area contributed by atoms with Crippen molar-refractivity contribution >= 4 is 23.5 Å². The molecule has 0 unspecified atom stereocenters. The molecule has 1 aliphatic heterocycles. The molecule has 0 radical (unpaired) electrons. The molecule has 1 aromatic heterocycles. The van der Waals surface area contributed by atoms with E-state index >= 15 is 0 Å². The first-order valence-corrected chi connectivity index (χ1v) is 9.76. The Morgan fingerprint density at radius 1 is 1.30 bits per heavy atom. The van der Waals surface area contributed by atoms with Crippen molar-refractivity contribution in [2.24, 2.45) is 0 Å². The zero-order chi connectivity index (χ0) is 21.7. The Hall–Kier alpha value is -3.26. The minimum Gasteiger partial charge on any atom is -0.454 e. The molecular weight excluding hydrogens is 388 g/mol. The summed E-state index contributed by atoms with van der Waals surface area (Å²) >= 11 is 0. The van der Waals surface area contributed by atoms with Crippen molar-refractivity contribution in [2.75, 3.05) is 13.2 Å². The van der Waals surface area contributed by atoms with Crippen LogP contribution in [0.1, 0.15) is 40.2 Å². The summed E-state index contributed by atoms with van der Waals surface area (Å²) in [5, 5.41) is 10.7. The number of rotatable bonds is 8. The van der Waals surface area contributed by atoms with E-state index in [1.54, 1.807) is 0 Å². The molecule has 0 aliphatic carbocycles. The maximum absolute atomic E-state index is 12.5. The summed E-state index contributed by atoms with van der Waals surface area (Å²) in [5.41, 5.74) is 2.93. The lowest BCUT2D eigenvalue weighted by atomic mass is 10.1. The first kappa shape index (κ1) is 21.4. The summed E-state index contributed by atoms with van der Waals surface area (Å²) in [6, 6.07) is 7.56. The van der Waals surface area contributed by atoms with Crippen molar-refractivity contribution < 1.29 is 24.0 Å². The van der Waals surface area contributed by atoms with Crippen LogP contribution in [0, 0.1) is 24.0 Å². The van der Waals surface area contributed by atoms with E-state index in [1.807, 2.05) is 19.9 Å². The Kier molecular flexibility index (Phi) is 6.79. The highest BCUT2D eigenvalue weighted by atomic mass is 16.6. The number of Topliss-reactive ketones (excluding diaryl/α,β-unsaturated/α-hetero) is 1. The number of nitrogens with zero attached hydrogens (tertiary/aromatic N) is 2. The van der Waals surface area contributed by atoms with Crippen LogP contribution in [0.15, 0.2) is 36.4 Å². The maximum atomic E-state index is 12.5. The molecule has 0 saturated carbocycles. The summed E-state index contributed by atoms with van der Waals surface area (Å²) in [4.78, 5) is 34.6. The normalized spacial score (nSPS) is 16.1. The van der Waals surface area contributed by atoms with Gasteiger partial charge in [0.2, 0.25) is 5.78 Å². The van der Waals surface area contributed by atoms with Gasteiger partial charge in [-0.2, -0.15) is 0 Å². The van der Waals surface area contributed by atoms with Gasteiger partial charge in [0.1, 0.15) is 0 Å². The van der Waals surface area contributed by atoms with Gasteiger partial charge in [0.25, 0.3) is 5.69 Å². The quantitative estimate of drug-likeness (QED) is 0.216. The Morgan fingerprint density at radius 3 is 2.67 bits per heavy atom. The molecule has 1 saturated heterocycles. The van der Waals surface area contributed by atoms with Gasteiger partial charge >= 0.3 is 5.97 Å². The van der Waals surface area contributed by atoms with Gasteiger partial charge in [-0.1, -0.05) is 0 Å². The second-order valence-electron chi connectivity index (χ2n) is 7.24. The van der Waals surface area contributed by atoms with E-state index < -0.39 is 10.9 Å². The van der Waals surface area contributed by atoms with Gasteiger partial charge in [0, 0.05) is 48.3 Å². The van der Waals surface area contributed by atoms with E-state index in [1.165, 1.54) is 36.4 Å². The third-order valence-electron chi connectivity index (χ3n) is 5.15. The van der Waals surface area contributed by atoms with Gasteiger partial charge in [-0.25, -0.2) is 4.79 Å². The number of benzene rings is 1. The third kappa shape index (κ3) is 5.21. The lowest BCUT2D eigenvalue weighted by Crippen LogP contribution is -2.18. The average molecular weight is 412 g/mol. The zero-order valence-electron chi connectivity index (χ0n) is 17.0. The highest BCUT2D eigenvalue weighted by Gasteiger charge is 2.21. The molecule has 1 fully saturated rings. The van der Waals surface area contributed by atoms with Gasteiger partial charge in [0.05, 0.1) is 11.0 Å². The molecule has 1 aliphatic rings. The number of aryl methyl sites for hydroxylation is 1. The van der Waals surface area contributed by atoms with Crippen LogP contribution in [0.25, 0.3) is 6.08 Å². The zero-order valence-corrected chi connectivity index (χ0v) is 17.0. The number of hydrogen-bond acceptors (Lipinski definition) is 6. The number of carbonyl (C=O) groups is 2. The van der Waals surface area contributed by atoms with Crippen LogP contribution in [-0.4, -0.2) is 40.6 Å². The molecule has 30 heavy (non-hydrogen) atoms. The Balaban J connectivity index is 1.55. The Bertz CT molecular complexity index is 968. The SMILES string of the molecule is Cc1cc(C(=O)COC(=O)/C=C/c2ccc([N+](=O)[O-])cc2)c(C)n1C[C@@H]1CCCO1. The number of nitro groups is 1. The van der Waals surface area contributed by atoms with Crippen molar-refractivity contribution in [3.05, 3.63) is 69.0 Å². The number of aromatic nitrogens is 1. The van der Waals surface area contributed by atoms with E-state index in [2.05, 4.69) is 4.57 Å². The molecule has 158 valence electrons. The van der Waals surface area contributed by atoms with Gasteiger partial charge in [0.15, 0.2) is 6.61 Å². The van der Waals surface area contributed by atoms with E-state index in [0.717, 1.165) is 30.8 Å². The Morgan fingerprint density at radius 2 is 2.03 bits per heavy atom. The smallest absolute Gasteiger partial charge is 0.331 e. The van der Waals surface area contributed by atoms with Crippen LogP contribution in [-0.2, 0) is 20.8 Å².